The predicted octanol–water partition coefficient (Wildman–Crippen LogP) is 6.42. The molecule has 1 aliphatic rings. The van der Waals surface area contributed by atoms with E-state index in [2.05, 4.69) is 0 Å². The van der Waals surface area contributed by atoms with Crippen molar-refractivity contribution in [2.24, 2.45) is 5.18 Å². The third-order valence-corrected chi connectivity index (χ3v) is 5.39. The predicted molar refractivity (Wildman–Crippen MR) is 114 cm³/mol. The Morgan fingerprint density at radius 2 is 1.65 bits per heavy atom. The van der Waals surface area contributed by atoms with Gasteiger partial charge in [-0.3, -0.25) is 4.79 Å². The Bertz CT molecular complexity index is 1010. The van der Waals surface area contributed by atoms with Crippen LogP contribution in [0.25, 0.3) is 0 Å². The number of benzene rings is 2. The van der Waals surface area contributed by atoms with Gasteiger partial charge in [-0.2, -0.15) is 26.3 Å². The summed E-state index contributed by atoms with van der Waals surface area (Å²) in [6, 6.07) is 8.16. The van der Waals surface area contributed by atoms with Crippen molar-refractivity contribution in [1.29, 1.82) is 0 Å². The Labute approximate surface area is 192 Å². The number of fused-ring (bicyclic) bond motifs is 1. The highest BCUT2D eigenvalue weighted by atomic mass is 19.4. The number of amides is 1. The Kier molecular flexibility index (Phi) is 8.33. The second-order valence-electron chi connectivity index (χ2n) is 7.49. The summed E-state index contributed by atoms with van der Waals surface area (Å²) in [5, 5.41) is 11.1. The maximum Gasteiger partial charge on any atom is 0.430 e. The lowest BCUT2D eigenvalue weighted by molar-refractivity contribution is -0.301. The number of rotatable bonds is 4. The van der Waals surface area contributed by atoms with E-state index in [0.717, 1.165) is 6.07 Å². The number of nitroso groups, excluding NO2 is 1. The van der Waals surface area contributed by atoms with Gasteiger partial charge in [0, 0.05) is 17.8 Å². The van der Waals surface area contributed by atoms with E-state index in [1.165, 1.54) is 22.2 Å². The van der Waals surface area contributed by atoms with E-state index in [1.54, 1.807) is 12.1 Å². The van der Waals surface area contributed by atoms with Crippen LogP contribution in [-0.4, -0.2) is 29.9 Å². The van der Waals surface area contributed by atoms with Gasteiger partial charge >= 0.3 is 17.9 Å². The first-order valence-electron chi connectivity index (χ1n) is 10.6. The lowest BCUT2D eigenvalue weighted by atomic mass is 9.87. The summed E-state index contributed by atoms with van der Waals surface area (Å²) in [4.78, 5) is 25.2. The van der Waals surface area contributed by atoms with Crippen LogP contribution in [0.1, 0.15) is 43.4 Å². The maximum absolute atomic E-state index is 13.5. The van der Waals surface area contributed by atoms with Crippen LogP contribution in [0, 0.1) is 4.91 Å². The number of anilines is 1. The first-order chi connectivity index (χ1) is 15.9. The molecule has 0 saturated carbocycles. The molecule has 0 aliphatic carbocycles. The fourth-order valence-electron chi connectivity index (χ4n) is 3.82. The minimum atomic E-state index is -6.00. The van der Waals surface area contributed by atoms with Crippen molar-refractivity contribution in [1.82, 2.24) is 0 Å². The van der Waals surface area contributed by atoms with Crippen LogP contribution in [0.4, 0.5) is 32.0 Å². The maximum atomic E-state index is 13.5. The van der Waals surface area contributed by atoms with E-state index in [-0.39, 0.29) is 36.4 Å². The van der Waals surface area contributed by atoms with Crippen LogP contribution >= 0.6 is 0 Å². The molecule has 186 valence electrons. The number of alkyl halides is 6. The molecule has 0 fully saturated rings. The van der Waals surface area contributed by atoms with Gasteiger partial charge in [-0.05, 0) is 53.8 Å². The van der Waals surface area contributed by atoms with Crippen LogP contribution in [0.2, 0.25) is 0 Å². The standard InChI is InChI=1S/C21H18F6N2O3.C2H6/c22-20(23,24)19(28-32,21(25,26)27)15-7-8-17-14(12-15)5-1-2-9-29(17)18(31)11-13-4-3-6-16(30)10-13;1-2/h3-4,6-8,10,12,30H,1-2,5,9,11H2;1-2H3. The molecule has 0 saturated heterocycles. The zero-order chi connectivity index (χ0) is 25.7. The number of aryl methyl sites for hydroxylation is 1. The second-order valence-corrected chi connectivity index (χ2v) is 7.49. The van der Waals surface area contributed by atoms with Crippen molar-refractivity contribution < 1.29 is 36.2 Å². The van der Waals surface area contributed by atoms with Crippen molar-refractivity contribution in [3.8, 4) is 5.75 Å². The van der Waals surface area contributed by atoms with Crippen LogP contribution in [0.15, 0.2) is 47.6 Å². The van der Waals surface area contributed by atoms with Crippen molar-refractivity contribution in [3.63, 3.8) is 0 Å². The highest BCUT2D eigenvalue weighted by Gasteiger charge is 2.74. The summed E-state index contributed by atoms with van der Waals surface area (Å²) in [6.07, 6.45) is -11.1. The molecule has 1 amide bonds. The summed E-state index contributed by atoms with van der Waals surface area (Å²) in [5.74, 6) is -0.480. The number of nitrogens with zero attached hydrogens (tertiary/aromatic N) is 2. The summed E-state index contributed by atoms with van der Waals surface area (Å²) < 4.78 is 80.7. The van der Waals surface area contributed by atoms with E-state index < -0.39 is 29.4 Å². The zero-order valence-corrected chi connectivity index (χ0v) is 18.5. The van der Waals surface area contributed by atoms with E-state index in [1.807, 2.05) is 13.8 Å². The highest BCUT2D eigenvalue weighted by Crippen LogP contribution is 2.53. The molecule has 1 N–H and O–H groups in total. The second kappa shape index (κ2) is 10.4. The van der Waals surface area contributed by atoms with Gasteiger partial charge in [0.2, 0.25) is 5.91 Å². The molecule has 0 radical (unpaired) electrons. The molecule has 0 atom stereocenters. The van der Waals surface area contributed by atoms with Crippen LogP contribution in [0.3, 0.4) is 0 Å². The molecule has 11 heteroatoms. The molecule has 2 aromatic carbocycles. The minimum absolute atomic E-state index is 0.0480. The van der Waals surface area contributed by atoms with E-state index in [9.17, 15) is 41.2 Å². The Morgan fingerprint density at radius 1 is 1.00 bits per heavy atom. The first kappa shape index (κ1) is 27.1. The van der Waals surface area contributed by atoms with Crippen molar-refractivity contribution in [2.75, 3.05) is 11.4 Å². The van der Waals surface area contributed by atoms with Gasteiger partial charge in [0.15, 0.2) is 0 Å². The number of aromatic hydroxyl groups is 1. The molecule has 1 heterocycles. The number of carbonyl (C=O) groups excluding carboxylic acids is 1. The summed E-state index contributed by atoms with van der Waals surface area (Å²) in [7, 11) is 0. The Hall–Kier alpha value is -3.11. The van der Waals surface area contributed by atoms with Crippen molar-refractivity contribution >= 4 is 11.6 Å². The van der Waals surface area contributed by atoms with Gasteiger partial charge in [0.25, 0.3) is 0 Å². The molecular formula is C23H24F6N2O3. The molecule has 0 spiro atoms. The van der Waals surface area contributed by atoms with Crippen LogP contribution < -0.4 is 4.90 Å². The number of hydrogen-bond acceptors (Lipinski definition) is 4. The number of phenols is 1. The summed E-state index contributed by atoms with van der Waals surface area (Å²) in [5.41, 5.74) is -5.48. The Balaban J connectivity index is 0.00000199. The molecule has 3 rings (SSSR count). The van der Waals surface area contributed by atoms with E-state index in [4.69, 9.17) is 0 Å². The largest absolute Gasteiger partial charge is 0.508 e. The van der Waals surface area contributed by atoms with Gasteiger partial charge in [0.1, 0.15) is 5.75 Å². The average molecular weight is 490 g/mol. The number of phenolic OH excluding ortho intramolecular Hbond substituents is 1. The Morgan fingerprint density at radius 3 is 2.21 bits per heavy atom. The SMILES string of the molecule is CC.O=NC(c1ccc2c(c1)CCCCN2C(=O)Cc1cccc(O)c1)(C(F)(F)F)C(F)(F)F. The molecule has 0 unspecified atom stereocenters. The lowest BCUT2D eigenvalue weighted by Gasteiger charge is -2.32. The molecule has 34 heavy (non-hydrogen) atoms. The number of hydrogen-bond donors (Lipinski definition) is 1. The monoisotopic (exact) mass is 490 g/mol. The zero-order valence-electron chi connectivity index (χ0n) is 18.5. The van der Waals surface area contributed by atoms with Crippen molar-refractivity contribution in [2.45, 2.75) is 57.4 Å². The molecule has 5 nitrogen and oxygen atoms in total. The topological polar surface area (TPSA) is 70.0 Å². The molecule has 1 aliphatic heterocycles. The van der Waals surface area contributed by atoms with E-state index >= 15 is 0 Å². The summed E-state index contributed by atoms with van der Waals surface area (Å²) >= 11 is 0. The average Bonchev–Trinajstić information content (AvgIpc) is 2.96. The van der Waals surface area contributed by atoms with Crippen LogP contribution in [-0.2, 0) is 23.2 Å². The minimum Gasteiger partial charge on any atom is -0.508 e. The number of halogens is 6. The molecule has 2 aromatic rings. The van der Waals surface area contributed by atoms with Crippen molar-refractivity contribution in [3.05, 3.63) is 64.1 Å². The quantitative estimate of drug-likeness (QED) is 0.397. The van der Waals surface area contributed by atoms with Gasteiger partial charge < -0.3 is 10.0 Å². The van der Waals surface area contributed by atoms with Gasteiger partial charge in [-0.15, -0.1) is 4.91 Å². The van der Waals surface area contributed by atoms with Gasteiger partial charge in [-0.25, -0.2) is 0 Å². The van der Waals surface area contributed by atoms with Crippen LogP contribution in [0.5, 0.6) is 5.75 Å². The normalized spacial score (nSPS) is 14.4. The van der Waals surface area contributed by atoms with Gasteiger partial charge in [0.05, 0.1) is 6.42 Å². The smallest absolute Gasteiger partial charge is 0.430 e. The first-order valence-corrected chi connectivity index (χ1v) is 10.6. The lowest BCUT2D eigenvalue weighted by Crippen LogP contribution is -2.52. The van der Waals surface area contributed by atoms with Gasteiger partial charge in [-0.1, -0.05) is 38.1 Å². The molecule has 0 aromatic heterocycles. The fourth-order valence-corrected chi connectivity index (χ4v) is 3.82. The highest BCUT2D eigenvalue weighted by molar-refractivity contribution is 5.95. The van der Waals surface area contributed by atoms with E-state index in [0.29, 0.717) is 30.5 Å². The third kappa shape index (κ3) is 5.18. The fraction of sp³-hybridized carbons (Fsp3) is 0.435. The third-order valence-electron chi connectivity index (χ3n) is 5.39. The molecule has 0 bridgehead atoms. The number of carbonyl (C=O) groups is 1. The molecular weight excluding hydrogens is 466 g/mol. The summed E-state index contributed by atoms with van der Waals surface area (Å²) in [6.45, 7) is 4.22.